The standard InChI is InChI=1S/C23H24F2N6O.ClH/c24-8-11-30-13-18(16-4-1-2-5-19(16)30)22-27-28-23(32)31(22)21-14-29(10-3-9-26)20-7-6-15(25)12-17(20)21;/h1-2,4-7,12-14,23,28,32H,3,8-11,26H2;1H. The number of anilines is 1. The Labute approximate surface area is 195 Å². The normalized spacial score (nSPS) is 15.7. The largest absolute Gasteiger partial charge is 0.355 e. The van der Waals surface area contributed by atoms with Gasteiger partial charge in [-0.05, 0) is 37.2 Å². The fourth-order valence-corrected chi connectivity index (χ4v) is 4.37. The van der Waals surface area contributed by atoms with Gasteiger partial charge in [0, 0.05) is 40.8 Å². The van der Waals surface area contributed by atoms with Crippen molar-refractivity contribution in [2.45, 2.75) is 25.9 Å². The topological polar surface area (TPSA) is 83.7 Å². The van der Waals surface area contributed by atoms with E-state index in [9.17, 15) is 13.9 Å². The molecule has 0 spiro atoms. The third-order valence-corrected chi connectivity index (χ3v) is 5.80. The minimum atomic E-state index is -1.13. The van der Waals surface area contributed by atoms with E-state index in [2.05, 4.69) is 10.5 Å². The molecular formula is C23H25ClF2N6O. The number of aliphatic hydroxyl groups is 1. The van der Waals surface area contributed by atoms with Crippen LogP contribution in [0.4, 0.5) is 14.5 Å². The average molecular weight is 475 g/mol. The Kier molecular flexibility index (Phi) is 6.55. The van der Waals surface area contributed by atoms with Crippen molar-refractivity contribution in [3.63, 3.8) is 0 Å². The van der Waals surface area contributed by atoms with Gasteiger partial charge >= 0.3 is 0 Å². The highest BCUT2D eigenvalue weighted by Crippen LogP contribution is 2.35. The van der Waals surface area contributed by atoms with Crippen molar-refractivity contribution >= 4 is 45.7 Å². The van der Waals surface area contributed by atoms with Gasteiger partial charge in [0.2, 0.25) is 6.35 Å². The molecule has 3 heterocycles. The van der Waals surface area contributed by atoms with Gasteiger partial charge in [-0.15, -0.1) is 12.4 Å². The van der Waals surface area contributed by atoms with E-state index >= 15 is 0 Å². The van der Waals surface area contributed by atoms with Crippen LogP contribution in [0, 0.1) is 5.82 Å². The second-order valence-corrected chi connectivity index (χ2v) is 7.76. The molecule has 1 aliphatic heterocycles. The van der Waals surface area contributed by atoms with E-state index < -0.39 is 13.0 Å². The SMILES string of the molecule is Cl.NCCCn1cc(N2C(c3cn(CCF)c4ccccc34)=NNC2O)c2cc(F)ccc21. The number of aromatic nitrogens is 2. The van der Waals surface area contributed by atoms with Crippen LogP contribution < -0.4 is 16.1 Å². The number of rotatable bonds is 7. The first-order valence-corrected chi connectivity index (χ1v) is 10.6. The minimum absolute atomic E-state index is 0. The van der Waals surface area contributed by atoms with Gasteiger partial charge in [-0.2, -0.15) is 5.10 Å². The summed E-state index contributed by atoms with van der Waals surface area (Å²) in [5, 5.41) is 16.7. The molecule has 4 N–H and O–H groups in total. The molecule has 0 amide bonds. The molecule has 7 nitrogen and oxygen atoms in total. The summed E-state index contributed by atoms with van der Waals surface area (Å²) in [5.74, 6) is 0.114. The van der Waals surface area contributed by atoms with Crippen LogP contribution in [0.15, 0.2) is 60.0 Å². The first kappa shape index (κ1) is 23.0. The number of nitrogens with one attached hydrogen (secondary N) is 1. The van der Waals surface area contributed by atoms with Crippen LogP contribution in [0.2, 0.25) is 0 Å². The number of hydrazone groups is 1. The number of para-hydroxylation sites is 1. The lowest BCUT2D eigenvalue weighted by Gasteiger charge is -2.22. The zero-order valence-corrected chi connectivity index (χ0v) is 18.6. The first-order valence-electron chi connectivity index (χ1n) is 10.6. The molecule has 1 unspecified atom stereocenters. The van der Waals surface area contributed by atoms with E-state index in [1.165, 1.54) is 12.1 Å². The first-order chi connectivity index (χ1) is 15.6. The maximum atomic E-state index is 14.2. The molecule has 0 saturated carbocycles. The van der Waals surface area contributed by atoms with Crippen LogP contribution in [-0.4, -0.2) is 39.6 Å². The predicted octanol–water partition coefficient (Wildman–Crippen LogP) is 3.52. The number of benzene rings is 2. The van der Waals surface area contributed by atoms with Gasteiger partial charge in [0.05, 0.1) is 17.7 Å². The number of hydrogen-bond donors (Lipinski definition) is 3. The summed E-state index contributed by atoms with van der Waals surface area (Å²) in [7, 11) is 0. The molecule has 5 rings (SSSR count). The van der Waals surface area contributed by atoms with Gasteiger partial charge in [0.1, 0.15) is 12.5 Å². The molecule has 0 fully saturated rings. The van der Waals surface area contributed by atoms with Gasteiger partial charge in [0.25, 0.3) is 0 Å². The number of nitrogens with two attached hydrogens (primary N) is 1. The Morgan fingerprint density at radius 3 is 2.58 bits per heavy atom. The second-order valence-electron chi connectivity index (χ2n) is 7.76. The Balaban J connectivity index is 0.00000259. The van der Waals surface area contributed by atoms with Crippen molar-refractivity contribution in [2.24, 2.45) is 10.8 Å². The number of amidine groups is 1. The van der Waals surface area contributed by atoms with E-state index in [-0.39, 0.29) is 24.8 Å². The van der Waals surface area contributed by atoms with E-state index in [1.807, 2.05) is 45.8 Å². The van der Waals surface area contributed by atoms with Crippen molar-refractivity contribution in [3.8, 4) is 0 Å². The minimum Gasteiger partial charge on any atom is -0.355 e. The number of fused-ring (bicyclic) bond motifs is 2. The van der Waals surface area contributed by atoms with Gasteiger partial charge in [-0.25, -0.2) is 8.78 Å². The molecule has 2 aromatic heterocycles. The van der Waals surface area contributed by atoms with Crippen LogP contribution in [-0.2, 0) is 13.1 Å². The number of nitrogens with zero attached hydrogens (tertiary/aromatic N) is 4. The molecule has 174 valence electrons. The molecule has 0 saturated heterocycles. The Morgan fingerprint density at radius 1 is 1.03 bits per heavy atom. The molecule has 1 atom stereocenters. The fourth-order valence-electron chi connectivity index (χ4n) is 4.37. The van der Waals surface area contributed by atoms with Crippen LogP contribution in [0.3, 0.4) is 0 Å². The highest BCUT2D eigenvalue weighted by molar-refractivity contribution is 6.20. The lowest BCUT2D eigenvalue weighted by atomic mass is 10.1. The molecular weight excluding hydrogens is 450 g/mol. The van der Waals surface area contributed by atoms with E-state index in [4.69, 9.17) is 5.73 Å². The summed E-state index contributed by atoms with van der Waals surface area (Å²) in [6.07, 6.45) is 3.35. The molecule has 2 aromatic carbocycles. The molecule has 0 bridgehead atoms. The summed E-state index contributed by atoms with van der Waals surface area (Å²) in [6, 6.07) is 12.3. The van der Waals surface area contributed by atoms with Gasteiger partial charge in [0.15, 0.2) is 5.84 Å². The maximum Gasteiger partial charge on any atom is 0.226 e. The van der Waals surface area contributed by atoms with Crippen molar-refractivity contribution in [1.29, 1.82) is 0 Å². The maximum absolute atomic E-state index is 14.2. The van der Waals surface area contributed by atoms with Gasteiger partial charge in [-0.3, -0.25) is 10.3 Å². The average Bonchev–Trinajstić information content (AvgIpc) is 3.46. The van der Waals surface area contributed by atoms with Crippen LogP contribution in [0.5, 0.6) is 0 Å². The van der Waals surface area contributed by atoms with E-state index in [0.29, 0.717) is 30.0 Å². The Morgan fingerprint density at radius 2 is 1.79 bits per heavy atom. The predicted molar refractivity (Wildman–Crippen MR) is 129 cm³/mol. The van der Waals surface area contributed by atoms with E-state index in [1.54, 1.807) is 11.0 Å². The summed E-state index contributed by atoms with van der Waals surface area (Å²) >= 11 is 0. The molecule has 10 heteroatoms. The summed E-state index contributed by atoms with van der Waals surface area (Å²) < 4.78 is 31.2. The van der Waals surface area contributed by atoms with Crippen LogP contribution in [0.25, 0.3) is 21.8 Å². The number of hydrogen-bond acceptors (Lipinski definition) is 5. The fraction of sp³-hybridized carbons (Fsp3) is 0.261. The van der Waals surface area contributed by atoms with Crippen LogP contribution in [0.1, 0.15) is 12.0 Å². The molecule has 33 heavy (non-hydrogen) atoms. The van der Waals surface area contributed by atoms with Crippen molar-refractivity contribution in [1.82, 2.24) is 14.6 Å². The highest BCUT2D eigenvalue weighted by atomic mass is 35.5. The Bertz CT molecular complexity index is 1320. The zero-order chi connectivity index (χ0) is 22.2. The van der Waals surface area contributed by atoms with E-state index in [0.717, 1.165) is 28.4 Å². The molecule has 0 aliphatic carbocycles. The number of alkyl halides is 1. The van der Waals surface area contributed by atoms with Crippen molar-refractivity contribution < 1.29 is 13.9 Å². The van der Waals surface area contributed by atoms with Crippen molar-refractivity contribution in [2.75, 3.05) is 18.1 Å². The number of aryl methyl sites for hydroxylation is 2. The van der Waals surface area contributed by atoms with Crippen molar-refractivity contribution in [3.05, 3.63) is 66.2 Å². The second kappa shape index (κ2) is 9.38. The molecule has 0 radical (unpaired) electrons. The lowest BCUT2D eigenvalue weighted by molar-refractivity contribution is 0.159. The summed E-state index contributed by atoms with van der Waals surface area (Å²) in [6.45, 7) is 0.916. The summed E-state index contributed by atoms with van der Waals surface area (Å²) in [5.41, 5.74) is 11.5. The monoisotopic (exact) mass is 474 g/mol. The number of halogens is 3. The molecule has 1 aliphatic rings. The van der Waals surface area contributed by atoms with Crippen LogP contribution >= 0.6 is 12.4 Å². The zero-order valence-electron chi connectivity index (χ0n) is 17.8. The highest BCUT2D eigenvalue weighted by Gasteiger charge is 2.32. The third-order valence-electron chi connectivity index (χ3n) is 5.80. The smallest absolute Gasteiger partial charge is 0.226 e. The quantitative estimate of drug-likeness (QED) is 0.382. The number of aliphatic hydroxyl groups excluding tert-OH is 1. The Hall–Kier alpha value is -3.14. The summed E-state index contributed by atoms with van der Waals surface area (Å²) in [4.78, 5) is 1.64. The lowest BCUT2D eigenvalue weighted by Crippen LogP contribution is -2.40. The van der Waals surface area contributed by atoms with Gasteiger partial charge in [-0.1, -0.05) is 18.2 Å². The molecule has 4 aromatic rings. The third kappa shape index (κ3) is 3.92. The van der Waals surface area contributed by atoms with Gasteiger partial charge < -0.3 is 20.0 Å².